The number of rotatable bonds is 1. The summed E-state index contributed by atoms with van der Waals surface area (Å²) in [7, 11) is 0. The van der Waals surface area contributed by atoms with Gasteiger partial charge in [0.05, 0.1) is 21.9 Å². The molecular weight excluding hydrogens is 486 g/mol. The molecule has 38 heavy (non-hydrogen) atoms. The van der Waals surface area contributed by atoms with Gasteiger partial charge in [0.15, 0.2) is 10.9 Å². The van der Waals surface area contributed by atoms with Crippen LogP contribution in [0.5, 0.6) is 0 Å². The molecule has 0 aliphatic carbocycles. The summed E-state index contributed by atoms with van der Waals surface area (Å²) in [6, 6.07) is 36.3. The van der Waals surface area contributed by atoms with Gasteiger partial charge in [0.1, 0.15) is 0 Å². The molecule has 1 unspecified atom stereocenters. The molecule has 4 heteroatoms. The highest BCUT2D eigenvalue weighted by Crippen LogP contribution is 2.54. The summed E-state index contributed by atoms with van der Waals surface area (Å²) in [5.74, 6) is 0. The number of fused-ring (bicyclic) bond motifs is 7. The van der Waals surface area contributed by atoms with Crippen molar-refractivity contribution in [2.75, 3.05) is 0 Å². The highest BCUT2D eigenvalue weighted by molar-refractivity contribution is 7.99. The largest absolute Gasteiger partial charge is 0.307 e. The second kappa shape index (κ2) is 7.56. The molecule has 1 aliphatic heterocycles. The Morgan fingerprint density at radius 2 is 1.24 bits per heavy atom. The van der Waals surface area contributed by atoms with E-state index in [1.54, 1.807) is 11.8 Å². The Labute approximate surface area is 222 Å². The molecule has 3 nitrogen and oxygen atoms in total. The number of nitrogens with zero attached hydrogens (tertiary/aromatic N) is 1. The van der Waals surface area contributed by atoms with Crippen LogP contribution < -0.4 is 10.9 Å². The van der Waals surface area contributed by atoms with E-state index in [2.05, 4.69) is 59.9 Å². The second-order valence-corrected chi connectivity index (χ2v) is 11.2. The first-order chi connectivity index (χ1) is 18.6. The van der Waals surface area contributed by atoms with Crippen LogP contribution in [0.4, 0.5) is 0 Å². The lowest BCUT2D eigenvalue weighted by Gasteiger charge is -2.39. The number of hydrogen-bond acceptors (Lipinski definition) is 3. The van der Waals surface area contributed by atoms with Gasteiger partial charge >= 0.3 is 0 Å². The van der Waals surface area contributed by atoms with Gasteiger partial charge in [-0.3, -0.25) is 9.59 Å². The Bertz CT molecular complexity index is 2200. The molecule has 0 radical (unpaired) electrons. The zero-order valence-electron chi connectivity index (χ0n) is 20.6. The van der Waals surface area contributed by atoms with Crippen LogP contribution in [0.25, 0.3) is 38.1 Å². The quantitative estimate of drug-likeness (QED) is 0.172. The summed E-state index contributed by atoms with van der Waals surface area (Å²) in [5.41, 5.74) is 4.94. The van der Waals surface area contributed by atoms with Gasteiger partial charge in [-0.15, -0.1) is 0 Å². The molecule has 0 bridgehead atoms. The molecular formula is C34H21NO2S. The smallest absolute Gasteiger partial charge is 0.197 e. The molecule has 0 fully saturated rings. The molecule has 0 saturated heterocycles. The van der Waals surface area contributed by atoms with Crippen molar-refractivity contribution in [1.29, 1.82) is 0 Å². The molecule has 0 saturated carbocycles. The fourth-order valence-electron chi connectivity index (χ4n) is 6.52. The summed E-state index contributed by atoms with van der Waals surface area (Å²) in [6.07, 6.45) is 0. The van der Waals surface area contributed by atoms with Crippen molar-refractivity contribution >= 4 is 49.9 Å². The maximum atomic E-state index is 14.5. The van der Waals surface area contributed by atoms with E-state index in [9.17, 15) is 9.59 Å². The topological polar surface area (TPSA) is 38.5 Å². The van der Waals surface area contributed by atoms with Crippen molar-refractivity contribution < 1.29 is 0 Å². The summed E-state index contributed by atoms with van der Waals surface area (Å²) < 4.78 is 2.13. The zero-order valence-corrected chi connectivity index (χ0v) is 21.4. The van der Waals surface area contributed by atoms with E-state index in [-0.39, 0.29) is 10.9 Å². The molecule has 2 aromatic heterocycles. The van der Waals surface area contributed by atoms with Crippen molar-refractivity contribution in [3.63, 3.8) is 0 Å². The summed E-state index contributed by atoms with van der Waals surface area (Å²) in [5, 5.41) is 2.53. The average molecular weight is 508 g/mol. The minimum Gasteiger partial charge on any atom is -0.307 e. The number of para-hydroxylation sites is 2. The third kappa shape index (κ3) is 2.60. The van der Waals surface area contributed by atoms with Crippen molar-refractivity contribution in [2.24, 2.45) is 0 Å². The van der Waals surface area contributed by atoms with Crippen LogP contribution in [0.2, 0.25) is 0 Å². The van der Waals surface area contributed by atoms with Crippen molar-refractivity contribution in [2.45, 2.75) is 22.1 Å². The predicted molar refractivity (Wildman–Crippen MR) is 156 cm³/mol. The summed E-state index contributed by atoms with van der Waals surface area (Å²) >= 11 is 1.65. The third-order valence-electron chi connectivity index (χ3n) is 8.23. The summed E-state index contributed by atoms with van der Waals surface area (Å²) in [4.78, 5) is 30.6. The predicted octanol–water partition coefficient (Wildman–Crippen LogP) is 7.38. The normalized spacial score (nSPS) is 16.8. The van der Waals surface area contributed by atoms with E-state index in [0.717, 1.165) is 32.0 Å². The monoisotopic (exact) mass is 507 g/mol. The van der Waals surface area contributed by atoms with Gasteiger partial charge < -0.3 is 4.40 Å². The van der Waals surface area contributed by atoms with Crippen molar-refractivity contribution in [3.05, 3.63) is 146 Å². The highest BCUT2D eigenvalue weighted by atomic mass is 32.2. The van der Waals surface area contributed by atoms with Crippen LogP contribution >= 0.6 is 11.8 Å². The van der Waals surface area contributed by atoms with Gasteiger partial charge in [-0.1, -0.05) is 84.6 Å². The first-order valence-electron chi connectivity index (χ1n) is 12.7. The van der Waals surface area contributed by atoms with Crippen LogP contribution in [-0.2, 0) is 5.41 Å². The lowest BCUT2D eigenvalue weighted by atomic mass is 9.69. The van der Waals surface area contributed by atoms with Gasteiger partial charge in [-0.25, -0.2) is 0 Å². The average Bonchev–Trinajstić information content (AvgIpc) is 2.97. The highest BCUT2D eigenvalue weighted by Gasteiger charge is 2.41. The van der Waals surface area contributed by atoms with Crippen LogP contribution in [0.3, 0.4) is 0 Å². The molecule has 0 N–H and O–H groups in total. The molecule has 0 amide bonds. The summed E-state index contributed by atoms with van der Waals surface area (Å²) in [6.45, 7) is 2.22. The molecule has 180 valence electrons. The minimum absolute atomic E-state index is 0.0285. The lowest BCUT2D eigenvalue weighted by Crippen LogP contribution is -2.31. The lowest BCUT2D eigenvalue weighted by molar-refractivity contribution is 0.662. The first kappa shape index (κ1) is 21.7. The standard InChI is InChI=1S/C34H21NO2S/c1-34(20-11-3-2-4-12-20)24-15-7-10-18-27(24)38-28-19-23-31-29(30(28)34)33(37)22-14-6-9-17-26(22)35(31)25-16-8-5-13-21(25)32(23)36/h2-19H,1H3. The molecule has 7 aromatic rings. The SMILES string of the molecule is CC1(c2ccccc2)c2ccccc2Sc2cc3c(=O)c4ccccc4n4c5ccccc5c(=O)c(c21)c34. The van der Waals surface area contributed by atoms with Gasteiger partial charge in [0, 0.05) is 31.4 Å². The maximum Gasteiger partial charge on any atom is 0.197 e. The molecule has 3 heterocycles. The molecule has 0 spiro atoms. The van der Waals surface area contributed by atoms with Crippen LogP contribution in [0.1, 0.15) is 23.6 Å². The fourth-order valence-corrected chi connectivity index (χ4v) is 7.87. The van der Waals surface area contributed by atoms with E-state index >= 15 is 0 Å². The maximum absolute atomic E-state index is 14.5. The van der Waals surface area contributed by atoms with E-state index in [0.29, 0.717) is 27.1 Å². The minimum atomic E-state index is -0.587. The molecule has 1 aliphatic rings. The Hall–Kier alpha value is -4.41. The number of pyridine rings is 2. The van der Waals surface area contributed by atoms with Gasteiger partial charge in [-0.05, 0) is 60.0 Å². The Morgan fingerprint density at radius 1 is 0.632 bits per heavy atom. The van der Waals surface area contributed by atoms with Crippen molar-refractivity contribution in [3.8, 4) is 0 Å². The third-order valence-corrected chi connectivity index (χ3v) is 9.35. The van der Waals surface area contributed by atoms with Gasteiger partial charge in [0.25, 0.3) is 0 Å². The Balaban J connectivity index is 1.72. The van der Waals surface area contributed by atoms with Crippen LogP contribution in [0.15, 0.2) is 129 Å². The molecule has 5 aromatic carbocycles. The van der Waals surface area contributed by atoms with Crippen LogP contribution in [-0.4, -0.2) is 4.40 Å². The Morgan fingerprint density at radius 3 is 1.97 bits per heavy atom. The molecule has 8 rings (SSSR count). The van der Waals surface area contributed by atoms with E-state index in [4.69, 9.17) is 0 Å². The zero-order chi connectivity index (χ0) is 25.6. The van der Waals surface area contributed by atoms with Crippen LogP contribution in [0, 0.1) is 0 Å². The van der Waals surface area contributed by atoms with Crippen molar-refractivity contribution in [1.82, 2.24) is 4.40 Å². The van der Waals surface area contributed by atoms with Gasteiger partial charge in [-0.2, -0.15) is 0 Å². The first-order valence-corrected chi connectivity index (χ1v) is 13.5. The molecule has 1 atom stereocenters. The second-order valence-electron chi connectivity index (χ2n) is 10.1. The van der Waals surface area contributed by atoms with Gasteiger partial charge in [0.2, 0.25) is 0 Å². The number of benzene rings is 5. The Kier molecular flexibility index (Phi) is 4.31. The van der Waals surface area contributed by atoms with E-state index in [1.807, 2.05) is 60.7 Å². The van der Waals surface area contributed by atoms with E-state index in [1.165, 1.54) is 5.56 Å². The number of aromatic nitrogens is 1. The number of hydrogen-bond donors (Lipinski definition) is 0. The fraction of sp³-hybridized carbons (Fsp3) is 0.0588. The van der Waals surface area contributed by atoms with E-state index < -0.39 is 5.41 Å².